The van der Waals surface area contributed by atoms with E-state index in [0.717, 1.165) is 102 Å². The fourth-order valence-electron chi connectivity index (χ4n) is 16.4. The molecule has 0 bridgehead atoms. The minimum Gasteiger partial charge on any atom is -0.450 e. The molecule has 143 heavy (non-hydrogen) atoms. The largest absolute Gasteiger partial charge is 0.450 e. The van der Waals surface area contributed by atoms with Crippen molar-refractivity contribution in [1.82, 2.24) is 133 Å². The van der Waals surface area contributed by atoms with Gasteiger partial charge in [0.2, 0.25) is 23.8 Å². The second kappa shape index (κ2) is 45.8. The number of morpholine rings is 1. The van der Waals surface area contributed by atoms with Crippen molar-refractivity contribution in [3.05, 3.63) is 251 Å². The van der Waals surface area contributed by atoms with E-state index in [1.54, 1.807) is 151 Å². The highest BCUT2D eigenvalue weighted by molar-refractivity contribution is 6.01. The number of piperazine rings is 1. The number of likely N-dealkylation sites (N-methyl/N-ethyl adjacent to an activating group) is 1. The molecule has 1 unspecified atom stereocenters. The van der Waals surface area contributed by atoms with Crippen LogP contribution in [0.4, 0.5) is 43.0 Å². The molecular formula is C99H105N31O13. The summed E-state index contributed by atoms with van der Waals surface area (Å²) < 4.78 is 32.4. The van der Waals surface area contributed by atoms with E-state index in [9.17, 15) is 38.4 Å². The normalized spacial score (nSPS) is 13.0. The first-order chi connectivity index (χ1) is 69.5. The van der Waals surface area contributed by atoms with Gasteiger partial charge in [-0.1, -0.05) is 12.1 Å². The van der Waals surface area contributed by atoms with E-state index in [4.69, 9.17) is 23.7 Å². The molecule has 2 aliphatic rings. The van der Waals surface area contributed by atoms with Gasteiger partial charge in [-0.15, -0.1) is 0 Å². The van der Waals surface area contributed by atoms with Gasteiger partial charge in [0.15, 0.2) is 17.5 Å². The smallest absolute Gasteiger partial charge is 0.413 e. The Hall–Kier alpha value is -17.5. The third-order valence-electron chi connectivity index (χ3n) is 23.1. The molecule has 44 heteroatoms. The number of hydrogen-bond acceptors (Lipinski definition) is 29. The van der Waals surface area contributed by atoms with Crippen molar-refractivity contribution in [1.29, 1.82) is 0 Å². The number of ether oxygens (including phenoxy) is 5. The van der Waals surface area contributed by atoms with Crippen molar-refractivity contribution >= 4 is 104 Å². The van der Waals surface area contributed by atoms with E-state index < -0.39 is 18.3 Å². The van der Waals surface area contributed by atoms with Gasteiger partial charge in [0.1, 0.15) is 40.6 Å². The predicted octanol–water partition coefficient (Wildman–Crippen LogP) is 12.8. The van der Waals surface area contributed by atoms with Gasteiger partial charge in [-0.05, 0) is 188 Å². The number of aromatic nitrogens is 22. The van der Waals surface area contributed by atoms with Crippen LogP contribution in [0.5, 0.6) is 0 Å². The third-order valence-corrected chi connectivity index (χ3v) is 23.1. The molecule has 0 aliphatic carbocycles. The molecule has 2 aliphatic heterocycles. The quantitative estimate of drug-likeness (QED) is 0.0225. The van der Waals surface area contributed by atoms with E-state index in [0.29, 0.717) is 134 Å². The van der Waals surface area contributed by atoms with Crippen molar-refractivity contribution < 1.29 is 52.5 Å². The Morgan fingerprint density at radius 3 is 1.35 bits per heavy atom. The summed E-state index contributed by atoms with van der Waals surface area (Å²) in [5, 5.41) is 16.1. The Morgan fingerprint density at radius 2 is 0.888 bits per heavy atom. The lowest BCUT2D eigenvalue weighted by Gasteiger charge is -2.31. The summed E-state index contributed by atoms with van der Waals surface area (Å²) in [4.78, 5) is 180. The summed E-state index contributed by atoms with van der Waals surface area (Å²) in [6.45, 7) is 23.9. The number of anilines is 4. The van der Waals surface area contributed by atoms with Crippen LogP contribution in [0, 0.1) is 13.8 Å². The zero-order valence-electron chi connectivity index (χ0n) is 80.0. The minimum atomic E-state index is -0.613. The number of pyridine rings is 4. The number of aromatic amines is 4. The first kappa shape index (κ1) is 98.5. The van der Waals surface area contributed by atoms with Crippen LogP contribution in [-0.2, 0) is 23.7 Å². The SMILES string of the molecule is CCNC(=O)Nc1nc2c(-c3ncccn3)cc(-c3cc(C)n([C@H](C)c4ccccn4)c(=O)c3)cc2[nH]1.CCOC(=O)Nc1nc2c(-c3ccccn3)cc(-c3cc(C)n(C(C)COC)c(=O)c3)cc2[nH]1.CCOC(=O)Nc1nc2c(-c3ncccn3)cc(-n3cnc(C(=O)N4CCN(C)CC4)c3)cc2[nH]1.CCOC(=O)Nc1nc2c(-c3ncccn3)cc(-n3cnc(C(=O)NCCN4CCOCC4)c3)cc2[nH]1. The van der Waals surface area contributed by atoms with Gasteiger partial charge in [0.05, 0.1) is 90.7 Å². The second-order valence-electron chi connectivity index (χ2n) is 33.0. The number of nitrogens with zero attached hydrogens (tertiary/aromatic N) is 21. The topological polar surface area (TPSA) is 528 Å². The number of fused-ring (bicyclic) bond motifs is 4. The summed E-state index contributed by atoms with van der Waals surface area (Å²) in [5.41, 5.74) is 16.0. The molecule has 13 aromatic heterocycles. The number of aryl methyl sites for hydroxylation is 2. The number of amides is 7. The first-order valence-electron chi connectivity index (χ1n) is 46.2. The zero-order valence-corrected chi connectivity index (χ0v) is 80.0. The fourth-order valence-corrected chi connectivity index (χ4v) is 16.4. The number of urea groups is 1. The van der Waals surface area contributed by atoms with Crippen molar-refractivity contribution in [2.24, 2.45) is 0 Å². The van der Waals surface area contributed by atoms with Crippen LogP contribution in [0.1, 0.15) is 91.7 Å². The minimum absolute atomic E-state index is 0.0813. The van der Waals surface area contributed by atoms with Crippen LogP contribution in [-0.4, -0.2) is 272 Å². The van der Waals surface area contributed by atoms with Gasteiger partial charge in [0.25, 0.3) is 22.9 Å². The first-order valence-corrected chi connectivity index (χ1v) is 46.2. The number of H-pyrrole nitrogens is 4. The van der Waals surface area contributed by atoms with Gasteiger partial charge < -0.3 is 82.3 Å². The maximum Gasteiger partial charge on any atom is 0.413 e. The molecule has 0 saturated carbocycles. The van der Waals surface area contributed by atoms with Crippen molar-refractivity contribution in [2.45, 2.75) is 67.5 Å². The standard InChI is InChI=1S/C27H26N8O2.C25H27N5O4.C24H27N9O4.C23H25N9O3/c1-4-28-27(37)34-26-32-22-14-19(13-20(24(22)33-26)25-30-10-7-11-31-25)18-12-16(2)35(23(36)15-18)17(3)21-8-5-6-9-29-21;1-5-34-25(32)29-24-27-21-12-18(11-19(23(21)28-24)20-8-6-7-9-26-20)17-10-15(2)30(22(31)13-17)16(3)14-33-4;1-2-37-24(35)31-23-29-18-13-16(12-17(20(18)30-23)21-25-4-3-5-26-21)33-14-19(28-15-33)22(34)27-6-7-32-8-10-36-11-9-32;1-3-35-23(34)29-22-27-17-12-15(11-16(19(17)28-22)20-24-5-4-6-25-20)32-13-18(26-14-32)21(33)31-9-7-30(2)8-10-31/h5-15,17H,4H2,1-3H3,(H3,28,32,33,34,37);6-13,16H,5,14H2,1-4H3,(H2,27,28,29,32);3-5,12-15H,2,6-11H2,1H3,(H,27,34)(H2,29,30,31,35);4-6,11-14H,3,7-10H2,1-2H3,(H2,27,28,29,34)/t17-;;;/m1.../s1. The Morgan fingerprint density at radius 1 is 0.455 bits per heavy atom. The molecule has 7 amide bonds. The fraction of sp³-hybridized carbons (Fsp3) is 0.273. The Labute approximate surface area is 817 Å². The monoisotopic (exact) mass is 1940 g/mol. The maximum atomic E-state index is 13.3. The summed E-state index contributed by atoms with van der Waals surface area (Å²) in [5.74, 6) is 2.12. The molecule has 4 aromatic carbocycles. The molecule has 2 saturated heterocycles. The van der Waals surface area contributed by atoms with Gasteiger partial charge in [-0.3, -0.25) is 55.3 Å². The van der Waals surface area contributed by atoms with E-state index in [1.165, 1.54) is 0 Å². The molecule has 0 spiro atoms. The second-order valence-corrected chi connectivity index (χ2v) is 33.0. The molecule has 0 radical (unpaired) electrons. The number of imidazole rings is 6. The predicted molar refractivity (Wildman–Crippen MR) is 536 cm³/mol. The van der Waals surface area contributed by atoms with Crippen molar-refractivity contribution in [3.8, 4) is 79.0 Å². The number of carbonyl (C=O) groups excluding carboxylic acids is 6. The summed E-state index contributed by atoms with van der Waals surface area (Å²) in [7, 11) is 3.67. The third kappa shape index (κ3) is 23.9. The zero-order chi connectivity index (χ0) is 100. The van der Waals surface area contributed by atoms with E-state index >= 15 is 0 Å². The van der Waals surface area contributed by atoms with Gasteiger partial charge in [-0.25, -0.2) is 79.0 Å². The number of benzene rings is 4. The molecule has 2 fully saturated rings. The van der Waals surface area contributed by atoms with Crippen LogP contribution >= 0.6 is 0 Å². The molecular weight excluding hydrogens is 1830 g/mol. The van der Waals surface area contributed by atoms with Gasteiger partial charge in [0, 0.05) is 185 Å². The Balaban J connectivity index is 0.000000137. The van der Waals surface area contributed by atoms with E-state index in [1.807, 2.05) is 144 Å². The Bertz CT molecular complexity index is 7500. The van der Waals surface area contributed by atoms with Gasteiger partial charge in [-0.2, -0.15) is 0 Å². The van der Waals surface area contributed by atoms with E-state index in [-0.39, 0.29) is 78.7 Å². The highest BCUT2D eigenvalue weighted by atomic mass is 16.6. The van der Waals surface area contributed by atoms with Crippen LogP contribution < -0.4 is 43.0 Å². The van der Waals surface area contributed by atoms with Crippen LogP contribution in [0.25, 0.3) is 123 Å². The summed E-state index contributed by atoms with van der Waals surface area (Å²) in [6, 6.07) is 38.1. The highest BCUT2D eigenvalue weighted by Gasteiger charge is 2.27. The van der Waals surface area contributed by atoms with Crippen molar-refractivity contribution in [2.75, 3.05) is 134 Å². The van der Waals surface area contributed by atoms with Crippen LogP contribution in [0.15, 0.2) is 212 Å². The molecule has 734 valence electrons. The number of hydrogen-bond donors (Lipinski definition) is 10. The summed E-state index contributed by atoms with van der Waals surface area (Å²) in [6.07, 6.45) is 18.1. The average molecular weight is 1940 g/mol. The number of carbonyl (C=O) groups is 6. The lowest BCUT2D eigenvalue weighted by atomic mass is 9.99. The number of methoxy groups -OCH3 is 1. The van der Waals surface area contributed by atoms with Crippen molar-refractivity contribution in [3.63, 3.8) is 0 Å². The maximum absolute atomic E-state index is 13.3. The summed E-state index contributed by atoms with van der Waals surface area (Å²) >= 11 is 0. The highest BCUT2D eigenvalue weighted by Crippen LogP contribution is 2.38. The molecule has 15 heterocycles. The van der Waals surface area contributed by atoms with E-state index in [2.05, 4.69) is 131 Å². The van der Waals surface area contributed by atoms with Crippen LogP contribution in [0.3, 0.4) is 0 Å². The molecule has 10 N–H and O–H groups in total. The molecule has 17 aromatic rings. The lowest BCUT2D eigenvalue weighted by molar-refractivity contribution is 0.0383. The number of rotatable bonds is 26. The van der Waals surface area contributed by atoms with Gasteiger partial charge >= 0.3 is 24.3 Å². The molecule has 19 rings (SSSR count). The molecule has 44 nitrogen and oxygen atoms in total. The molecule has 2 atom stereocenters. The average Bonchev–Trinajstić information content (AvgIpc) is 1.72. The van der Waals surface area contributed by atoms with Crippen LogP contribution in [0.2, 0.25) is 0 Å². The lowest BCUT2D eigenvalue weighted by Crippen LogP contribution is -2.47. The number of nitrogens with one attached hydrogen (secondary N) is 10. The Kier molecular flexibility index (Phi) is 31.6.